The lowest BCUT2D eigenvalue weighted by Gasteiger charge is -2.22. The molecule has 11 heteroatoms. The standard InChI is InChI=1S/C35H35Cl2NO8/c1-2-42-33(34(39)40)21-25-9-11-28(12-10-25)44-20-18-38(17-6-19-43-32-23-26(36)22-27(37)24-32)35(41)46-31-15-13-30(14-16-31)45-29-7-4-3-5-8-29/h3-5,7-16,22-24,33H,2,6,17-21H2,1H3,(H,39,40). The Morgan fingerprint density at radius 2 is 1.35 bits per heavy atom. The van der Waals surface area contributed by atoms with Crippen molar-refractivity contribution in [3.05, 3.63) is 113 Å². The van der Waals surface area contributed by atoms with E-state index >= 15 is 0 Å². The highest BCUT2D eigenvalue weighted by molar-refractivity contribution is 6.34. The van der Waals surface area contributed by atoms with Gasteiger partial charge < -0.3 is 33.7 Å². The van der Waals surface area contributed by atoms with E-state index in [1.165, 1.54) is 4.90 Å². The zero-order chi connectivity index (χ0) is 32.7. The third-order valence-corrected chi connectivity index (χ3v) is 7.00. The Bertz CT molecular complexity index is 1510. The highest BCUT2D eigenvalue weighted by atomic mass is 35.5. The van der Waals surface area contributed by atoms with Crippen molar-refractivity contribution >= 4 is 35.3 Å². The smallest absolute Gasteiger partial charge is 0.415 e. The van der Waals surface area contributed by atoms with Gasteiger partial charge in [-0.05, 0) is 85.6 Å². The van der Waals surface area contributed by atoms with Gasteiger partial charge in [0.1, 0.15) is 35.4 Å². The van der Waals surface area contributed by atoms with Crippen molar-refractivity contribution in [1.82, 2.24) is 4.90 Å². The van der Waals surface area contributed by atoms with Crippen LogP contribution in [-0.2, 0) is 16.0 Å². The number of carbonyl (C=O) groups is 2. The molecule has 0 radical (unpaired) electrons. The number of hydrogen-bond donors (Lipinski definition) is 1. The van der Waals surface area contributed by atoms with Crippen molar-refractivity contribution in [2.24, 2.45) is 0 Å². The fourth-order valence-electron chi connectivity index (χ4n) is 4.35. The summed E-state index contributed by atoms with van der Waals surface area (Å²) in [6, 6.07) is 28.2. The predicted octanol–water partition coefficient (Wildman–Crippen LogP) is 8.17. The van der Waals surface area contributed by atoms with Crippen molar-refractivity contribution in [3.63, 3.8) is 0 Å². The van der Waals surface area contributed by atoms with Crippen molar-refractivity contribution in [2.75, 3.05) is 32.9 Å². The van der Waals surface area contributed by atoms with Crippen LogP contribution in [0.2, 0.25) is 10.0 Å². The van der Waals surface area contributed by atoms with Crippen LogP contribution in [0.1, 0.15) is 18.9 Å². The molecule has 46 heavy (non-hydrogen) atoms. The Balaban J connectivity index is 1.33. The van der Waals surface area contributed by atoms with Crippen molar-refractivity contribution in [3.8, 4) is 28.7 Å². The summed E-state index contributed by atoms with van der Waals surface area (Å²) in [4.78, 5) is 26.2. The lowest BCUT2D eigenvalue weighted by atomic mass is 10.1. The Kier molecular flexibility index (Phi) is 13.4. The van der Waals surface area contributed by atoms with Crippen LogP contribution >= 0.6 is 23.2 Å². The summed E-state index contributed by atoms with van der Waals surface area (Å²) in [7, 11) is 0. The number of carboxylic acid groups (broad SMARTS) is 1. The quantitative estimate of drug-likeness (QED) is 0.112. The first-order chi connectivity index (χ1) is 22.3. The van der Waals surface area contributed by atoms with Gasteiger partial charge in [-0.15, -0.1) is 0 Å². The van der Waals surface area contributed by atoms with E-state index < -0.39 is 18.2 Å². The van der Waals surface area contributed by atoms with Crippen molar-refractivity contribution < 1.29 is 38.4 Å². The Labute approximate surface area is 278 Å². The molecule has 0 aliphatic rings. The molecule has 4 aromatic carbocycles. The molecular formula is C35H35Cl2NO8. The Hall–Kier alpha value is -4.44. The molecule has 4 rings (SSSR count). The molecule has 1 amide bonds. The molecule has 1 unspecified atom stereocenters. The molecule has 0 heterocycles. The Morgan fingerprint density at radius 3 is 2.00 bits per heavy atom. The lowest BCUT2D eigenvalue weighted by Crippen LogP contribution is -2.38. The summed E-state index contributed by atoms with van der Waals surface area (Å²) >= 11 is 12.1. The highest BCUT2D eigenvalue weighted by Gasteiger charge is 2.19. The first-order valence-electron chi connectivity index (χ1n) is 14.7. The van der Waals surface area contributed by atoms with E-state index in [9.17, 15) is 14.7 Å². The second-order valence-electron chi connectivity index (χ2n) is 10.0. The molecule has 242 valence electrons. The highest BCUT2D eigenvalue weighted by Crippen LogP contribution is 2.25. The number of halogens is 2. The van der Waals surface area contributed by atoms with Gasteiger partial charge >= 0.3 is 12.1 Å². The molecule has 0 bridgehead atoms. The molecule has 0 aromatic heterocycles. The van der Waals surface area contributed by atoms with Gasteiger partial charge in [-0.1, -0.05) is 53.5 Å². The molecule has 9 nitrogen and oxygen atoms in total. The summed E-state index contributed by atoms with van der Waals surface area (Å²) in [5.74, 6) is 1.78. The van der Waals surface area contributed by atoms with Gasteiger partial charge in [-0.25, -0.2) is 9.59 Å². The largest absolute Gasteiger partial charge is 0.493 e. The number of nitrogens with zero attached hydrogens (tertiary/aromatic N) is 1. The van der Waals surface area contributed by atoms with Gasteiger partial charge in [0, 0.05) is 29.6 Å². The zero-order valence-electron chi connectivity index (χ0n) is 25.3. The summed E-state index contributed by atoms with van der Waals surface area (Å²) < 4.78 is 28.4. The molecule has 0 spiro atoms. The monoisotopic (exact) mass is 667 g/mol. The van der Waals surface area contributed by atoms with Crippen LogP contribution in [-0.4, -0.2) is 61.1 Å². The van der Waals surface area contributed by atoms with Crippen LogP contribution < -0.4 is 18.9 Å². The normalized spacial score (nSPS) is 11.4. The average molecular weight is 669 g/mol. The van der Waals surface area contributed by atoms with Gasteiger partial charge in [-0.2, -0.15) is 0 Å². The van der Waals surface area contributed by atoms with Crippen LogP contribution in [0, 0.1) is 0 Å². The van der Waals surface area contributed by atoms with Gasteiger partial charge in [0.25, 0.3) is 0 Å². The third-order valence-electron chi connectivity index (χ3n) is 6.56. The molecule has 0 aliphatic heterocycles. The number of carboxylic acids is 1. The summed E-state index contributed by atoms with van der Waals surface area (Å²) in [5.41, 5.74) is 0.805. The van der Waals surface area contributed by atoms with Crippen molar-refractivity contribution in [1.29, 1.82) is 0 Å². The number of carbonyl (C=O) groups excluding carboxylic acids is 1. The van der Waals surface area contributed by atoms with E-state index in [2.05, 4.69) is 0 Å². The van der Waals surface area contributed by atoms with E-state index in [0.29, 0.717) is 65.0 Å². The minimum Gasteiger partial charge on any atom is -0.493 e. The van der Waals surface area contributed by atoms with E-state index in [1.54, 1.807) is 73.7 Å². The first-order valence-corrected chi connectivity index (χ1v) is 15.5. The molecule has 1 N–H and O–H groups in total. The maximum absolute atomic E-state index is 13.2. The summed E-state index contributed by atoms with van der Waals surface area (Å²) in [5, 5.41) is 10.3. The van der Waals surface area contributed by atoms with E-state index in [0.717, 1.165) is 5.56 Å². The van der Waals surface area contributed by atoms with E-state index in [-0.39, 0.29) is 19.6 Å². The average Bonchev–Trinajstić information content (AvgIpc) is 3.03. The molecule has 0 saturated heterocycles. The number of benzene rings is 4. The van der Waals surface area contributed by atoms with Gasteiger partial charge in [0.15, 0.2) is 6.10 Å². The molecule has 4 aromatic rings. The van der Waals surface area contributed by atoms with E-state index in [1.807, 2.05) is 30.3 Å². The third kappa shape index (κ3) is 11.5. The van der Waals surface area contributed by atoms with Crippen LogP contribution in [0.4, 0.5) is 4.79 Å². The van der Waals surface area contributed by atoms with Crippen LogP contribution in [0.3, 0.4) is 0 Å². The fourth-order valence-corrected chi connectivity index (χ4v) is 4.85. The Morgan fingerprint density at radius 1 is 0.739 bits per heavy atom. The second-order valence-corrected chi connectivity index (χ2v) is 10.9. The molecular weight excluding hydrogens is 633 g/mol. The number of hydrogen-bond acceptors (Lipinski definition) is 7. The molecule has 0 saturated carbocycles. The number of rotatable bonds is 17. The van der Waals surface area contributed by atoms with Crippen molar-refractivity contribution in [2.45, 2.75) is 25.9 Å². The number of ether oxygens (including phenoxy) is 5. The fraction of sp³-hybridized carbons (Fsp3) is 0.257. The zero-order valence-corrected chi connectivity index (χ0v) is 26.8. The van der Waals surface area contributed by atoms with Crippen LogP contribution in [0.25, 0.3) is 0 Å². The number of aliphatic carboxylic acids is 1. The van der Waals surface area contributed by atoms with Gasteiger partial charge in [-0.3, -0.25) is 0 Å². The molecule has 0 aliphatic carbocycles. The molecule has 0 fully saturated rings. The topological polar surface area (TPSA) is 104 Å². The van der Waals surface area contributed by atoms with Gasteiger partial charge in [0.2, 0.25) is 0 Å². The predicted molar refractivity (Wildman–Crippen MR) is 176 cm³/mol. The SMILES string of the molecule is CCOC(Cc1ccc(OCCN(CCCOc2cc(Cl)cc(Cl)c2)C(=O)Oc2ccc(Oc3ccccc3)cc2)cc1)C(=O)O. The van der Waals surface area contributed by atoms with E-state index in [4.69, 9.17) is 46.9 Å². The first kappa shape index (κ1) is 34.4. The second kappa shape index (κ2) is 17.9. The van der Waals surface area contributed by atoms with Crippen LogP contribution in [0.5, 0.6) is 28.7 Å². The summed E-state index contributed by atoms with van der Waals surface area (Å²) in [6.07, 6.45) is -0.713. The minimum atomic E-state index is -1.01. The maximum Gasteiger partial charge on any atom is 0.415 e. The maximum atomic E-state index is 13.2. The summed E-state index contributed by atoms with van der Waals surface area (Å²) in [6.45, 7) is 3.15. The molecule has 1 atom stereocenters. The van der Waals surface area contributed by atoms with Gasteiger partial charge in [0.05, 0.1) is 13.2 Å². The minimum absolute atomic E-state index is 0.194. The van der Waals surface area contributed by atoms with Crippen LogP contribution in [0.15, 0.2) is 97.1 Å². The number of amides is 1. The lowest BCUT2D eigenvalue weighted by molar-refractivity contribution is -0.149. The number of para-hydroxylation sites is 1.